The molecular formula is C8H14Cl2O4. The molecule has 0 aromatic carbocycles. The van der Waals surface area contributed by atoms with Crippen molar-refractivity contribution in [3.63, 3.8) is 0 Å². The lowest BCUT2D eigenvalue weighted by Gasteiger charge is -1.84. The van der Waals surface area contributed by atoms with Gasteiger partial charge in [-0.2, -0.15) is 0 Å². The molecule has 84 valence electrons. The predicted octanol–water partition coefficient (Wildman–Crippen LogP) is 2.18. The van der Waals surface area contributed by atoms with Crippen LogP contribution in [0.4, 0.5) is 0 Å². The third kappa shape index (κ3) is 22.5. The highest BCUT2D eigenvalue weighted by atomic mass is 35.5. The number of alkyl halides is 2. The van der Waals surface area contributed by atoms with Crippen molar-refractivity contribution >= 4 is 35.1 Å². The average Bonchev–Trinajstić information content (AvgIpc) is 2.12. The summed E-state index contributed by atoms with van der Waals surface area (Å²) in [4.78, 5) is 19.4. The molecule has 4 nitrogen and oxygen atoms in total. The first-order valence-corrected chi connectivity index (χ1v) is 5.17. The van der Waals surface area contributed by atoms with Crippen LogP contribution in [-0.2, 0) is 9.59 Å². The summed E-state index contributed by atoms with van der Waals surface area (Å²) in [6.45, 7) is 0. The van der Waals surface area contributed by atoms with Crippen molar-refractivity contribution in [3.05, 3.63) is 0 Å². The van der Waals surface area contributed by atoms with E-state index in [-0.39, 0.29) is 12.8 Å². The topological polar surface area (TPSA) is 74.6 Å². The highest BCUT2D eigenvalue weighted by Gasteiger charge is 1.92. The van der Waals surface area contributed by atoms with Crippen LogP contribution in [0.25, 0.3) is 0 Å². The van der Waals surface area contributed by atoms with Gasteiger partial charge in [0.05, 0.1) is 0 Å². The lowest BCUT2D eigenvalue weighted by molar-refractivity contribution is -0.138. The van der Waals surface area contributed by atoms with Crippen molar-refractivity contribution in [3.8, 4) is 0 Å². The van der Waals surface area contributed by atoms with Crippen LogP contribution >= 0.6 is 23.2 Å². The van der Waals surface area contributed by atoms with Crippen LogP contribution in [0.3, 0.4) is 0 Å². The van der Waals surface area contributed by atoms with E-state index < -0.39 is 11.9 Å². The molecule has 0 aromatic rings. The molecule has 0 heterocycles. The van der Waals surface area contributed by atoms with Crippen LogP contribution in [0.1, 0.15) is 25.7 Å². The van der Waals surface area contributed by atoms with E-state index in [0.717, 1.165) is 0 Å². The Bertz CT molecular complexity index is 143. The van der Waals surface area contributed by atoms with Gasteiger partial charge in [-0.15, -0.1) is 23.2 Å². The largest absolute Gasteiger partial charge is 0.481 e. The molecule has 0 aromatic heterocycles. The Balaban J connectivity index is 0. The smallest absolute Gasteiger partial charge is 0.303 e. The minimum Gasteiger partial charge on any atom is -0.481 e. The van der Waals surface area contributed by atoms with Crippen LogP contribution in [0.5, 0.6) is 0 Å². The first kappa shape index (κ1) is 16.0. The summed E-state index contributed by atoms with van der Waals surface area (Å²) in [6, 6.07) is 0. The number of halogens is 2. The maximum Gasteiger partial charge on any atom is 0.303 e. The summed E-state index contributed by atoms with van der Waals surface area (Å²) in [5.74, 6) is -0.681. The van der Waals surface area contributed by atoms with E-state index in [2.05, 4.69) is 0 Å². The van der Waals surface area contributed by atoms with Gasteiger partial charge < -0.3 is 10.2 Å². The van der Waals surface area contributed by atoms with Gasteiger partial charge in [0, 0.05) is 24.6 Å². The average molecular weight is 245 g/mol. The van der Waals surface area contributed by atoms with Crippen molar-refractivity contribution in [1.29, 1.82) is 0 Å². The molecule has 0 radical (unpaired) electrons. The van der Waals surface area contributed by atoms with Gasteiger partial charge in [-0.25, -0.2) is 0 Å². The minimum absolute atomic E-state index is 0.184. The van der Waals surface area contributed by atoms with Crippen molar-refractivity contribution < 1.29 is 19.8 Å². The molecule has 0 unspecified atom stereocenters. The standard InChI is InChI=1S/2C4H7ClO2/c2*5-3-1-2-4(6)7/h2*1-3H2,(H,6,7). The number of aliphatic carboxylic acids is 2. The predicted molar refractivity (Wildman–Crippen MR) is 55.2 cm³/mol. The van der Waals surface area contributed by atoms with Gasteiger partial charge in [-0.1, -0.05) is 0 Å². The molecule has 6 heteroatoms. The molecule has 0 aliphatic rings. The van der Waals surface area contributed by atoms with Crippen molar-refractivity contribution in [2.24, 2.45) is 0 Å². The first-order chi connectivity index (χ1) is 6.54. The van der Waals surface area contributed by atoms with Crippen LogP contribution < -0.4 is 0 Å². The van der Waals surface area contributed by atoms with Crippen LogP contribution in [0.15, 0.2) is 0 Å². The number of carboxylic acid groups (broad SMARTS) is 2. The number of carbonyl (C=O) groups is 2. The molecular weight excluding hydrogens is 231 g/mol. The monoisotopic (exact) mass is 244 g/mol. The lowest BCUT2D eigenvalue weighted by atomic mass is 10.3. The Morgan fingerprint density at radius 3 is 1.21 bits per heavy atom. The zero-order chi connectivity index (χ0) is 11.4. The highest BCUT2D eigenvalue weighted by molar-refractivity contribution is 6.18. The molecule has 0 saturated carbocycles. The molecule has 0 saturated heterocycles. The fourth-order valence-corrected chi connectivity index (χ4v) is 0.703. The fraction of sp³-hybridized carbons (Fsp3) is 0.750. The summed E-state index contributed by atoms with van der Waals surface area (Å²) in [6.07, 6.45) is 1.50. The lowest BCUT2D eigenvalue weighted by Crippen LogP contribution is -1.93. The molecule has 2 N–H and O–H groups in total. The van der Waals surface area contributed by atoms with E-state index in [0.29, 0.717) is 24.6 Å². The molecule has 0 atom stereocenters. The molecule has 0 aliphatic carbocycles. The zero-order valence-electron chi connectivity index (χ0n) is 7.71. The second-order valence-corrected chi connectivity index (χ2v) is 3.13. The third-order valence-electron chi connectivity index (χ3n) is 1.05. The van der Waals surface area contributed by atoms with Crippen molar-refractivity contribution in [2.45, 2.75) is 25.7 Å². The summed E-state index contributed by atoms with van der Waals surface area (Å²) in [5.41, 5.74) is 0. The summed E-state index contributed by atoms with van der Waals surface area (Å²) in [7, 11) is 0. The maximum atomic E-state index is 9.70. The second kappa shape index (κ2) is 12.5. The van der Waals surface area contributed by atoms with Crippen LogP contribution in [0, 0.1) is 0 Å². The third-order valence-corrected chi connectivity index (χ3v) is 1.58. The van der Waals surface area contributed by atoms with Crippen molar-refractivity contribution in [2.75, 3.05) is 11.8 Å². The van der Waals surface area contributed by atoms with Gasteiger partial charge >= 0.3 is 11.9 Å². The molecule has 14 heavy (non-hydrogen) atoms. The zero-order valence-corrected chi connectivity index (χ0v) is 9.22. The fourth-order valence-electron chi connectivity index (χ4n) is 0.436. The minimum atomic E-state index is -0.777. The number of hydrogen-bond donors (Lipinski definition) is 2. The van der Waals surface area contributed by atoms with Gasteiger partial charge in [0.25, 0.3) is 0 Å². The Labute approximate surface area is 92.8 Å². The molecule has 0 aliphatic heterocycles. The van der Waals surface area contributed by atoms with E-state index in [4.69, 9.17) is 33.4 Å². The van der Waals surface area contributed by atoms with Gasteiger partial charge in [0.1, 0.15) is 0 Å². The SMILES string of the molecule is O=C(O)CCCCl.O=C(O)CCCCl. The summed E-state index contributed by atoms with van der Waals surface area (Å²) >= 11 is 10.4. The van der Waals surface area contributed by atoms with Crippen LogP contribution in [-0.4, -0.2) is 33.9 Å². The van der Waals surface area contributed by atoms with E-state index in [1.807, 2.05) is 0 Å². The first-order valence-electron chi connectivity index (χ1n) is 4.10. The van der Waals surface area contributed by atoms with Gasteiger partial charge in [-0.05, 0) is 12.8 Å². The molecule has 0 spiro atoms. The Hall–Kier alpha value is -0.480. The Morgan fingerprint density at radius 2 is 1.14 bits per heavy atom. The van der Waals surface area contributed by atoms with E-state index in [1.54, 1.807) is 0 Å². The molecule has 0 fully saturated rings. The summed E-state index contributed by atoms with van der Waals surface area (Å²) < 4.78 is 0. The quantitative estimate of drug-likeness (QED) is 0.703. The van der Waals surface area contributed by atoms with E-state index >= 15 is 0 Å². The van der Waals surface area contributed by atoms with Crippen molar-refractivity contribution in [1.82, 2.24) is 0 Å². The van der Waals surface area contributed by atoms with Gasteiger partial charge in [0.15, 0.2) is 0 Å². The van der Waals surface area contributed by atoms with Gasteiger partial charge in [-0.3, -0.25) is 9.59 Å². The summed E-state index contributed by atoms with van der Waals surface area (Å²) in [5, 5.41) is 16.0. The molecule has 0 bridgehead atoms. The van der Waals surface area contributed by atoms with Gasteiger partial charge in [0.2, 0.25) is 0 Å². The van der Waals surface area contributed by atoms with E-state index in [9.17, 15) is 9.59 Å². The second-order valence-electron chi connectivity index (χ2n) is 2.37. The molecule has 0 rings (SSSR count). The number of carboxylic acids is 2. The maximum absolute atomic E-state index is 9.70. The normalized spacial score (nSPS) is 8.71. The number of rotatable bonds is 6. The highest BCUT2D eigenvalue weighted by Crippen LogP contribution is 1.90. The molecule has 0 amide bonds. The van der Waals surface area contributed by atoms with Crippen LogP contribution in [0.2, 0.25) is 0 Å². The van der Waals surface area contributed by atoms with E-state index in [1.165, 1.54) is 0 Å². The Kier molecular flexibility index (Phi) is 14.3. The Morgan fingerprint density at radius 1 is 0.857 bits per heavy atom. The number of hydrogen-bond acceptors (Lipinski definition) is 2.